The van der Waals surface area contributed by atoms with Crippen molar-refractivity contribution >= 4 is 17.7 Å². The molecule has 112 valence electrons. The molecule has 20 heavy (non-hydrogen) atoms. The van der Waals surface area contributed by atoms with Crippen molar-refractivity contribution in [1.29, 1.82) is 0 Å². The van der Waals surface area contributed by atoms with Crippen LogP contribution in [-0.2, 0) is 9.53 Å². The number of rotatable bonds is 8. The zero-order chi connectivity index (χ0) is 15.0. The lowest BCUT2D eigenvalue weighted by molar-refractivity contribution is -0.148. The number of likely N-dealkylation sites (N-methyl/N-ethyl adjacent to an activating group) is 1. The smallest absolute Gasteiger partial charge is 0.325 e. The van der Waals surface area contributed by atoms with Crippen LogP contribution < -0.4 is 5.32 Å². The highest BCUT2D eigenvalue weighted by Crippen LogP contribution is 2.24. The monoisotopic (exact) mass is 299 g/mol. The van der Waals surface area contributed by atoms with Gasteiger partial charge in [0.15, 0.2) is 0 Å². The van der Waals surface area contributed by atoms with Crippen LogP contribution in [0.15, 0.2) is 29.2 Å². The number of benzene rings is 1. The predicted molar refractivity (Wildman–Crippen MR) is 80.5 cm³/mol. The molecule has 0 heterocycles. The van der Waals surface area contributed by atoms with E-state index < -0.39 is 5.54 Å². The second-order valence-electron chi connectivity index (χ2n) is 4.74. The lowest BCUT2D eigenvalue weighted by Crippen LogP contribution is -2.50. The molecule has 1 aromatic rings. The standard InChI is InChI=1S/C15H22FNO2S/c1-4-17-15(2,14(18)19-3)10-7-11-20-13-9-6-5-8-12(13)16/h5-6,8-9,17H,4,7,10-11H2,1-3H3. The van der Waals surface area contributed by atoms with E-state index in [1.54, 1.807) is 12.1 Å². The van der Waals surface area contributed by atoms with Crippen molar-refractivity contribution in [2.45, 2.75) is 37.1 Å². The van der Waals surface area contributed by atoms with Crippen molar-refractivity contribution in [3.8, 4) is 0 Å². The van der Waals surface area contributed by atoms with Crippen molar-refractivity contribution < 1.29 is 13.9 Å². The molecule has 5 heteroatoms. The number of hydrogen-bond acceptors (Lipinski definition) is 4. The van der Waals surface area contributed by atoms with Gasteiger partial charge >= 0.3 is 5.97 Å². The number of nitrogens with one attached hydrogen (secondary N) is 1. The van der Waals surface area contributed by atoms with Crippen LogP contribution in [0.4, 0.5) is 4.39 Å². The van der Waals surface area contributed by atoms with E-state index in [1.165, 1.54) is 24.9 Å². The number of halogens is 1. The average Bonchev–Trinajstić information content (AvgIpc) is 2.44. The highest BCUT2D eigenvalue weighted by molar-refractivity contribution is 7.99. The zero-order valence-corrected chi connectivity index (χ0v) is 13.1. The van der Waals surface area contributed by atoms with Crippen LogP contribution in [0.2, 0.25) is 0 Å². The number of esters is 1. The Morgan fingerprint density at radius 1 is 1.45 bits per heavy atom. The van der Waals surface area contributed by atoms with Crippen LogP contribution in [0, 0.1) is 5.82 Å². The molecule has 1 atom stereocenters. The van der Waals surface area contributed by atoms with Crippen molar-refractivity contribution in [3.05, 3.63) is 30.1 Å². The topological polar surface area (TPSA) is 38.3 Å². The summed E-state index contributed by atoms with van der Waals surface area (Å²) in [6.45, 7) is 4.50. The molecule has 0 spiro atoms. The molecule has 0 radical (unpaired) electrons. The normalized spacial score (nSPS) is 13.8. The van der Waals surface area contributed by atoms with Gasteiger partial charge in [0, 0.05) is 4.90 Å². The summed E-state index contributed by atoms with van der Waals surface area (Å²) in [6, 6.07) is 6.73. The predicted octanol–water partition coefficient (Wildman–Crippen LogP) is 3.24. The molecule has 0 aliphatic carbocycles. The third-order valence-electron chi connectivity index (χ3n) is 3.12. The lowest BCUT2D eigenvalue weighted by Gasteiger charge is -2.27. The summed E-state index contributed by atoms with van der Waals surface area (Å²) < 4.78 is 18.3. The molecule has 0 saturated carbocycles. The molecule has 1 rings (SSSR count). The maximum absolute atomic E-state index is 13.4. The summed E-state index contributed by atoms with van der Waals surface area (Å²) >= 11 is 1.47. The van der Waals surface area contributed by atoms with Crippen LogP contribution in [0.1, 0.15) is 26.7 Å². The van der Waals surface area contributed by atoms with E-state index in [1.807, 2.05) is 19.9 Å². The first-order valence-corrected chi connectivity index (χ1v) is 7.73. The average molecular weight is 299 g/mol. The Labute approximate surface area is 124 Å². The lowest BCUT2D eigenvalue weighted by atomic mass is 9.96. The largest absolute Gasteiger partial charge is 0.468 e. The van der Waals surface area contributed by atoms with Crippen molar-refractivity contribution in [1.82, 2.24) is 5.32 Å². The first kappa shape index (κ1) is 17.0. The van der Waals surface area contributed by atoms with Crippen molar-refractivity contribution in [2.24, 2.45) is 0 Å². The molecule has 0 fully saturated rings. The molecule has 3 nitrogen and oxygen atoms in total. The van der Waals surface area contributed by atoms with Crippen LogP contribution in [0.3, 0.4) is 0 Å². The maximum Gasteiger partial charge on any atom is 0.325 e. The molecule has 0 aromatic heterocycles. The number of methoxy groups -OCH3 is 1. The van der Waals surface area contributed by atoms with Gasteiger partial charge in [0.1, 0.15) is 11.4 Å². The summed E-state index contributed by atoms with van der Waals surface area (Å²) in [5.74, 6) is 0.314. The first-order chi connectivity index (χ1) is 9.53. The van der Waals surface area contributed by atoms with Crippen LogP contribution >= 0.6 is 11.8 Å². The Bertz CT molecular complexity index is 442. The van der Waals surface area contributed by atoms with E-state index in [9.17, 15) is 9.18 Å². The van der Waals surface area contributed by atoms with Gasteiger partial charge in [-0.3, -0.25) is 4.79 Å². The summed E-state index contributed by atoms with van der Waals surface area (Å²) in [5.41, 5.74) is -0.667. The molecule has 1 unspecified atom stereocenters. The van der Waals surface area contributed by atoms with Gasteiger partial charge in [0.2, 0.25) is 0 Å². The van der Waals surface area contributed by atoms with Gasteiger partial charge in [-0.1, -0.05) is 19.1 Å². The quantitative estimate of drug-likeness (QED) is 0.454. The van der Waals surface area contributed by atoms with E-state index in [2.05, 4.69) is 5.32 Å². The Balaban J connectivity index is 2.45. The molecule has 1 aromatic carbocycles. The third kappa shape index (κ3) is 4.80. The Morgan fingerprint density at radius 2 is 2.15 bits per heavy atom. The number of ether oxygens (including phenoxy) is 1. The van der Waals surface area contributed by atoms with Crippen LogP contribution in [-0.4, -0.2) is 30.9 Å². The first-order valence-electron chi connectivity index (χ1n) is 6.74. The van der Waals surface area contributed by atoms with Gasteiger partial charge in [-0.15, -0.1) is 11.8 Å². The fourth-order valence-corrected chi connectivity index (χ4v) is 2.94. The molecule has 0 amide bonds. The Morgan fingerprint density at radius 3 is 2.75 bits per heavy atom. The van der Waals surface area contributed by atoms with Gasteiger partial charge in [-0.25, -0.2) is 4.39 Å². The van der Waals surface area contributed by atoms with E-state index in [4.69, 9.17) is 4.74 Å². The minimum Gasteiger partial charge on any atom is -0.468 e. The zero-order valence-electron chi connectivity index (χ0n) is 12.2. The maximum atomic E-state index is 13.4. The number of carbonyl (C=O) groups is 1. The molecule has 0 aliphatic rings. The van der Waals surface area contributed by atoms with Gasteiger partial charge in [-0.2, -0.15) is 0 Å². The molecule has 0 bridgehead atoms. The summed E-state index contributed by atoms with van der Waals surface area (Å²) in [4.78, 5) is 12.4. The molecule has 0 aliphatic heterocycles. The summed E-state index contributed by atoms with van der Waals surface area (Å²) in [5, 5.41) is 3.16. The minimum atomic E-state index is -0.667. The Kier molecular flexibility index (Phi) is 7.02. The van der Waals surface area contributed by atoms with Gasteiger partial charge in [-0.05, 0) is 44.2 Å². The van der Waals surface area contributed by atoms with Gasteiger partial charge in [0.25, 0.3) is 0 Å². The third-order valence-corrected chi connectivity index (χ3v) is 4.25. The van der Waals surface area contributed by atoms with Crippen molar-refractivity contribution in [3.63, 3.8) is 0 Å². The van der Waals surface area contributed by atoms with Gasteiger partial charge < -0.3 is 10.1 Å². The highest BCUT2D eigenvalue weighted by Gasteiger charge is 2.32. The second-order valence-corrected chi connectivity index (χ2v) is 5.87. The van der Waals surface area contributed by atoms with Gasteiger partial charge in [0.05, 0.1) is 7.11 Å². The summed E-state index contributed by atoms with van der Waals surface area (Å²) in [6.07, 6.45) is 1.46. The van der Waals surface area contributed by atoms with E-state index in [0.717, 1.165) is 12.2 Å². The van der Waals surface area contributed by atoms with E-state index in [-0.39, 0.29) is 11.8 Å². The second kappa shape index (κ2) is 8.27. The number of thioether (sulfide) groups is 1. The fourth-order valence-electron chi connectivity index (χ4n) is 2.05. The SMILES string of the molecule is CCNC(C)(CCCSc1ccccc1F)C(=O)OC. The van der Waals surface area contributed by atoms with E-state index >= 15 is 0 Å². The minimum absolute atomic E-state index is 0.195. The number of hydrogen-bond donors (Lipinski definition) is 1. The Hall–Kier alpha value is -1.07. The van der Waals surface area contributed by atoms with Crippen molar-refractivity contribution in [2.75, 3.05) is 19.4 Å². The van der Waals surface area contributed by atoms with E-state index in [0.29, 0.717) is 17.9 Å². The molecular weight excluding hydrogens is 277 g/mol. The molecule has 1 N–H and O–H groups in total. The number of carbonyl (C=O) groups excluding carboxylic acids is 1. The fraction of sp³-hybridized carbons (Fsp3) is 0.533. The highest BCUT2D eigenvalue weighted by atomic mass is 32.2. The van der Waals surface area contributed by atoms with Crippen LogP contribution in [0.5, 0.6) is 0 Å². The molecule has 0 saturated heterocycles. The molecular formula is C15H22FNO2S. The summed E-state index contributed by atoms with van der Waals surface area (Å²) in [7, 11) is 1.39. The van der Waals surface area contributed by atoms with Crippen LogP contribution in [0.25, 0.3) is 0 Å².